The second kappa shape index (κ2) is 7.54. The van der Waals surface area contributed by atoms with E-state index < -0.39 is 11.6 Å². The van der Waals surface area contributed by atoms with Gasteiger partial charge in [0.25, 0.3) is 0 Å². The predicted octanol–water partition coefficient (Wildman–Crippen LogP) is 5.72. The molecule has 0 saturated carbocycles. The quantitative estimate of drug-likeness (QED) is 0.421. The Morgan fingerprint density at radius 3 is 2.76 bits per heavy atom. The van der Waals surface area contributed by atoms with Crippen LogP contribution < -0.4 is 0 Å². The fraction of sp³-hybridized carbons (Fsp3) is 0.263. The summed E-state index contributed by atoms with van der Waals surface area (Å²) in [7, 11) is 3.37. The minimum absolute atomic E-state index is 0.234. The number of benzene rings is 1. The standard InChI is InChI=1S/C19H19NO3S2/c1-19(2,3)23-18(21)16-11-14-10-13(7-8-15(14)22-16)12-24-25-17-6-4-5-9-20-17/h4-11H,12H2,1-3H3. The summed E-state index contributed by atoms with van der Waals surface area (Å²) in [5.74, 6) is 0.632. The van der Waals surface area contributed by atoms with Crippen molar-refractivity contribution in [2.24, 2.45) is 0 Å². The van der Waals surface area contributed by atoms with E-state index in [2.05, 4.69) is 4.98 Å². The van der Waals surface area contributed by atoms with Gasteiger partial charge in [0, 0.05) is 17.3 Å². The molecule has 3 aromatic rings. The first-order chi connectivity index (χ1) is 11.9. The number of carbonyl (C=O) groups is 1. The molecule has 4 nitrogen and oxygen atoms in total. The number of esters is 1. The van der Waals surface area contributed by atoms with Crippen LogP contribution in [0.1, 0.15) is 36.9 Å². The van der Waals surface area contributed by atoms with Gasteiger partial charge in [0.2, 0.25) is 5.76 Å². The predicted molar refractivity (Wildman–Crippen MR) is 103 cm³/mol. The lowest BCUT2D eigenvalue weighted by Gasteiger charge is -2.18. The van der Waals surface area contributed by atoms with Gasteiger partial charge in [-0.2, -0.15) is 0 Å². The zero-order chi connectivity index (χ0) is 17.9. The highest BCUT2D eigenvalue weighted by atomic mass is 33.1. The van der Waals surface area contributed by atoms with Gasteiger partial charge < -0.3 is 9.15 Å². The van der Waals surface area contributed by atoms with Crippen molar-refractivity contribution in [3.8, 4) is 0 Å². The Morgan fingerprint density at radius 2 is 2.04 bits per heavy atom. The lowest BCUT2D eigenvalue weighted by molar-refractivity contribution is 0.00382. The number of carbonyl (C=O) groups excluding carboxylic acids is 1. The van der Waals surface area contributed by atoms with Gasteiger partial charge in [-0.15, -0.1) is 0 Å². The highest BCUT2D eigenvalue weighted by Crippen LogP contribution is 2.33. The number of nitrogens with zero attached hydrogens (tertiary/aromatic N) is 1. The van der Waals surface area contributed by atoms with Crippen molar-refractivity contribution in [1.29, 1.82) is 0 Å². The molecule has 0 N–H and O–H groups in total. The SMILES string of the molecule is CC(C)(C)OC(=O)c1cc2cc(CSSc3ccccn3)ccc2o1. The second-order valence-corrected chi connectivity index (χ2v) is 8.81. The minimum atomic E-state index is -0.541. The van der Waals surface area contributed by atoms with Crippen molar-refractivity contribution in [2.75, 3.05) is 0 Å². The zero-order valence-electron chi connectivity index (χ0n) is 14.3. The third kappa shape index (κ3) is 5.03. The highest BCUT2D eigenvalue weighted by molar-refractivity contribution is 8.76. The van der Waals surface area contributed by atoms with E-state index in [9.17, 15) is 4.79 Å². The molecule has 0 unspecified atom stereocenters. The van der Waals surface area contributed by atoms with Crippen molar-refractivity contribution < 1.29 is 13.9 Å². The van der Waals surface area contributed by atoms with Crippen LogP contribution in [-0.2, 0) is 10.5 Å². The first-order valence-electron chi connectivity index (χ1n) is 7.87. The molecule has 6 heteroatoms. The normalized spacial score (nSPS) is 11.6. The maximum absolute atomic E-state index is 12.1. The molecule has 0 fully saturated rings. The Hall–Kier alpha value is -1.92. The summed E-state index contributed by atoms with van der Waals surface area (Å²) in [5.41, 5.74) is 1.31. The second-order valence-electron chi connectivity index (χ2n) is 6.50. The van der Waals surface area contributed by atoms with E-state index in [4.69, 9.17) is 9.15 Å². The lowest BCUT2D eigenvalue weighted by atomic mass is 10.2. The van der Waals surface area contributed by atoms with Crippen molar-refractivity contribution in [1.82, 2.24) is 4.98 Å². The van der Waals surface area contributed by atoms with E-state index in [1.165, 1.54) is 0 Å². The van der Waals surface area contributed by atoms with E-state index in [0.717, 1.165) is 21.7 Å². The fourth-order valence-corrected chi connectivity index (χ4v) is 4.14. The van der Waals surface area contributed by atoms with Crippen LogP contribution in [0.4, 0.5) is 0 Å². The molecule has 130 valence electrons. The topological polar surface area (TPSA) is 52.3 Å². The summed E-state index contributed by atoms with van der Waals surface area (Å²) >= 11 is 0. The molecule has 0 bridgehead atoms. The van der Waals surface area contributed by atoms with Gasteiger partial charge in [0.15, 0.2) is 0 Å². The third-order valence-corrected chi connectivity index (χ3v) is 5.39. The number of pyridine rings is 1. The maximum Gasteiger partial charge on any atom is 0.374 e. The molecule has 1 aromatic carbocycles. The Labute approximate surface area is 154 Å². The van der Waals surface area contributed by atoms with Crippen molar-refractivity contribution in [2.45, 2.75) is 37.2 Å². The Balaban J connectivity index is 1.67. The van der Waals surface area contributed by atoms with Crippen LogP contribution in [0.3, 0.4) is 0 Å². The number of aromatic nitrogens is 1. The van der Waals surface area contributed by atoms with Gasteiger partial charge >= 0.3 is 5.97 Å². The molecule has 25 heavy (non-hydrogen) atoms. The lowest BCUT2D eigenvalue weighted by Crippen LogP contribution is -2.23. The minimum Gasteiger partial charge on any atom is -0.454 e. The molecular weight excluding hydrogens is 354 g/mol. The first-order valence-corrected chi connectivity index (χ1v) is 10.2. The molecule has 0 aliphatic heterocycles. The summed E-state index contributed by atoms with van der Waals surface area (Å²) in [6.07, 6.45) is 1.79. The molecule has 0 amide bonds. The van der Waals surface area contributed by atoms with Crippen molar-refractivity contribution in [3.63, 3.8) is 0 Å². The van der Waals surface area contributed by atoms with Gasteiger partial charge in [-0.05, 0) is 67.5 Å². The summed E-state index contributed by atoms with van der Waals surface area (Å²) in [4.78, 5) is 16.4. The van der Waals surface area contributed by atoms with E-state index in [1.807, 2.05) is 57.2 Å². The average Bonchev–Trinajstić information content (AvgIpc) is 2.98. The van der Waals surface area contributed by atoms with Crippen molar-refractivity contribution >= 4 is 38.5 Å². The monoisotopic (exact) mass is 373 g/mol. The molecule has 0 atom stereocenters. The van der Waals surface area contributed by atoms with Gasteiger partial charge in [-0.25, -0.2) is 9.78 Å². The summed E-state index contributed by atoms with van der Waals surface area (Å²) in [6.45, 7) is 5.51. The van der Waals surface area contributed by atoms with Gasteiger partial charge in [-0.3, -0.25) is 0 Å². The van der Waals surface area contributed by atoms with Crippen LogP contribution in [-0.4, -0.2) is 16.6 Å². The number of hydrogen-bond acceptors (Lipinski definition) is 6. The first kappa shape index (κ1) is 17.9. The van der Waals surface area contributed by atoms with Crippen LogP contribution >= 0.6 is 21.6 Å². The highest BCUT2D eigenvalue weighted by Gasteiger charge is 2.21. The number of furan rings is 1. The molecule has 0 aliphatic rings. The Morgan fingerprint density at radius 1 is 1.20 bits per heavy atom. The van der Waals surface area contributed by atoms with Crippen molar-refractivity contribution in [3.05, 3.63) is 60.0 Å². The molecule has 0 spiro atoms. The fourth-order valence-electron chi connectivity index (χ4n) is 2.17. The van der Waals surface area contributed by atoms with Gasteiger partial charge in [0.1, 0.15) is 16.2 Å². The number of ether oxygens (including phenoxy) is 1. The van der Waals surface area contributed by atoms with Crippen LogP contribution in [0.5, 0.6) is 0 Å². The van der Waals surface area contributed by atoms with E-state index in [-0.39, 0.29) is 5.76 Å². The molecular formula is C19H19NO3S2. The summed E-state index contributed by atoms with van der Waals surface area (Å²) in [6, 6.07) is 13.6. The van der Waals surface area contributed by atoms with Crippen LogP contribution in [0.25, 0.3) is 11.0 Å². The molecule has 0 radical (unpaired) electrons. The zero-order valence-corrected chi connectivity index (χ0v) is 15.9. The number of rotatable bonds is 5. The number of fused-ring (bicyclic) bond motifs is 1. The third-order valence-electron chi connectivity index (χ3n) is 3.19. The average molecular weight is 373 g/mol. The Kier molecular flexibility index (Phi) is 5.39. The summed E-state index contributed by atoms with van der Waals surface area (Å²) < 4.78 is 11.0. The smallest absolute Gasteiger partial charge is 0.374 e. The molecule has 0 saturated heterocycles. The molecule has 2 heterocycles. The molecule has 0 aliphatic carbocycles. The largest absolute Gasteiger partial charge is 0.454 e. The van der Waals surface area contributed by atoms with E-state index >= 15 is 0 Å². The summed E-state index contributed by atoms with van der Waals surface area (Å²) in [5, 5.41) is 1.89. The van der Waals surface area contributed by atoms with E-state index in [0.29, 0.717) is 5.58 Å². The Bertz CT molecular complexity index is 869. The molecule has 3 rings (SSSR count). The molecule has 2 aromatic heterocycles. The van der Waals surface area contributed by atoms with E-state index in [1.54, 1.807) is 33.9 Å². The van der Waals surface area contributed by atoms with Gasteiger partial charge in [-0.1, -0.05) is 22.9 Å². The van der Waals surface area contributed by atoms with Crippen LogP contribution in [0.2, 0.25) is 0 Å². The van der Waals surface area contributed by atoms with Gasteiger partial charge in [0.05, 0.1) is 0 Å². The van der Waals surface area contributed by atoms with Crippen LogP contribution in [0, 0.1) is 0 Å². The number of hydrogen-bond donors (Lipinski definition) is 0. The van der Waals surface area contributed by atoms with Crippen LogP contribution in [0.15, 0.2) is 58.1 Å². The maximum atomic E-state index is 12.1.